The highest BCUT2D eigenvalue weighted by atomic mass is 32.2. The Labute approximate surface area is 136 Å². The van der Waals surface area contributed by atoms with E-state index in [1.807, 2.05) is 30.3 Å². The van der Waals surface area contributed by atoms with Crippen LogP contribution in [0, 0.1) is 0 Å². The topological polar surface area (TPSA) is 75.3 Å². The maximum atomic E-state index is 12.2. The number of nitrogens with one attached hydrogen (secondary N) is 2. The molecule has 0 fully saturated rings. The van der Waals surface area contributed by atoms with Gasteiger partial charge in [-0.05, 0) is 29.7 Å². The van der Waals surface area contributed by atoms with Crippen LogP contribution in [0.15, 0.2) is 59.5 Å². The third kappa shape index (κ3) is 5.50. The van der Waals surface area contributed by atoms with Crippen molar-refractivity contribution in [3.8, 4) is 0 Å². The van der Waals surface area contributed by atoms with E-state index in [-0.39, 0.29) is 10.8 Å². The lowest BCUT2D eigenvalue weighted by Gasteiger charge is -2.08. The zero-order valence-corrected chi connectivity index (χ0v) is 13.8. The molecule has 0 bridgehead atoms. The van der Waals surface area contributed by atoms with Gasteiger partial charge in [-0.1, -0.05) is 42.5 Å². The van der Waals surface area contributed by atoms with Crippen LogP contribution in [0.3, 0.4) is 0 Å². The molecule has 0 aliphatic rings. The predicted molar refractivity (Wildman–Crippen MR) is 89.3 cm³/mol. The van der Waals surface area contributed by atoms with Gasteiger partial charge in [-0.15, -0.1) is 0 Å². The molecule has 0 unspecified atom stereocenters. The SMILES string of the molecule is CC(=O)NCc1ccc(S(=O)(=O)NCCc2ccccc2)cc1. The lowest BCUT2D eigenvalue weighted by Crippen LogP contribution is -2.26. The van der Waals surface area contributed by atoms with E-state index in [1.165, 1.54) is 6.92 Å². The molecule has 2 rings (SSSR count). The summed E-state index contributed by atoms with van der Waals surface area (Å²) < 4.78 is 27.0. The minimum atomic E-state index is -3.52. The van der Waals surface area contributed by atoms with E-state index in [0.717, 1.165) is 11.1 Å². The summed E-state index contributed by atoms with van der Waals surface area (Å²) in [6.45, 7) is 2.17. The van der Waals surface area contributed by atoms with E-state index >= 15 is 0 Å². The van der Waals surface area contributed by atoms with Gasteiger partial charge in [0.25, 0.3) is 0 Å². The van der Waals surface area contributed by atoms with Crippen molar-refractivity contribution in [3.05, 3.63) is 65.7 Å². The van der Waals surface area contributed by atoms with Crippen molar-refractivity contribution in [1.29, 1.82) is 0 Å². The number of benzene rings is 2. The van der Waals surface area contributed by atoms with Gasteiger partial charge >= 0.3 is 0 Å². The smallest absolute Gasteiger partial charge is 0.240 e. The van der Waals surface area contributed by atoms with Crippen LogP contribution in [0.4, 0.5) is 0 Å². The second-order valence-electron chi connectivity index (χ2n) is 5.19. The summed E-state index contributed by atoms with van der Waals surface area (Å²) in [5, 5.41) is 2.67. The lowest BCUT2D eigenvalue weighted by molar-refractivity contribution is -0.119. The molecule has 0 heterocycles. The average Bonchev–Trinajstić information content (AvgIpc) is 2.54. The van der Waals surface area contributed by atoms with Gasteiger partial charge in [-0.25, -0.2) is 13.1 Å². The van der Waals surface area contributed by atoms with Gasteiger partial charge in [-0.2, -0.15) is 0 Å². The molecule has 0 saturated heterocycles. The van der Waals surface area contributed by atoms with E-state index in [2.05, 4.69) is 10.0 Å². The van der Waals surface area contributed by atoms with Crippen LogP contribution in [0.25, 0.3) is 0 Å². The number of amides is 1. The second-order valence-corrected chi connectivity index (χ2v) is 6.95. The molecule has 122 valence electrons. The number of rotatable bonds is 7. The first kappa shape index (κ1) is 17.2. The molecule has 0 atom stereocenters. The maximum absolute atomic E-state index is 12.2. The molecular formula is C17H20N2O3S. The normalized spacial score (nSPS) is 11.2. The predicted octanol–water partition coefficient (Wildman–Crippen LogP) is 1.84. The molecule has 0 aromatic heterocycles. The first-order chi connectivity index (χ1) is 11.0. The van der Waals surface area contributed by atoms with Crippen LogP contribution >= 0.6 is 0 Å². The van der Waals surface area contributed by atoms with Crippen LogP contribution in [0.1, 0.15) is 18.1 Å². The molecule has 2 aromatic carbocycles. The number of hydrogen-bond donors (Lipinski definition) is 2. The standard InChI is InChI=1S/C17H20N2O3S/c1-14(20)18-13-16-7-9-17(10-8-16)23(21,22)19-12-11-15-5-3-2-4-6-15/h2-10,19H,11-13H2,1H3,(H,18,20). The number of carbonyl (C=O) groups excluding carboxylic acids is 1. The molecule has 6 heteroatoms. The highest BCUT2D eigenvalue weighted by Crippen LogP contribution is 2.10. The van der Waals surface area contributed by atoms with Crippen LogP contribution in [0.5, 0.6) is 0 Å². The molecule has 1 amide bonds. The largest absolute Gasteiger partial charge is 0.352 e. The minimum absolute atomic E-state index is 0.121. The fourth-order valence-electron chi connectivity index (χ4n) is 2.07. The van der Waals surface area contributed by atoms with E-state index in [1.54, 1.807) is 24.3 Å². The Morgan fingerprint density at radius 1 is 0.957 bits per heavy atom. The van der Waals surface area contributed by atoms with Crippen LogP contribution in [0.2, 0.25) is 0 Å². The molecule has 2 aromatic rings. The van der Waals surface area contributed by atoms with Gasteiger partial charge < -0.3 is 5.32 Å². The summed E-state index contributed by atoms with van der Waals surface area (Å²) in [5.74, 6) is -0.121. The van der Waals surface area contributed by atoms with Gasteiger partial charge in [0.1, 0.15) is 0 Å². The zero-order chi connectivity index (χ0) is 16.7. The molecule has 5 nitrogen and oxygen atoms in total. The number of carbonyl (C=O) groups is 1. The molecule has 0 aliphatic heterocycles. The highest BCUT2D eigenvalue weighted by Gasteiger charge is 2.13. The highest BCUT2D eigenvalue weighted by molar-refractivity contribution is 7.89. The molecule has 0 aliphatic carbocycles. The maximum Gasteiger partial charge on any atom is 0.240 e. The minimum Gasteiger partial charge on any atom is -0.352 e. The lowest BCUT2D eigenvalue weighted by atomic mass is 10.2. The number of sulfonamides is 1. The third-order valence-corrected chi connectivity index (χ3v) is 4.80. The fraction of sp³-hybridized carbons (Fsp3) is 0.235. The van der Waals surface area contributed by atoms with Crippen molar-refractivity contribution < 1.29 is 13.2 Å². The molecule has 0 radical (unpaired) electrons. The van der Waals surface area contributed by atoms with Crippen molar-refractivity contribution in [2.45, 2.75) is 24.8 Å². The Kier molecular flexibility index (Phi) is 5.90. The Morgan fingerprint density at radius 3 is 2.22 bits per heavy atom. The van der Waals surface area contributed by atoms with Crippen molar-refractivity contribution in [3.63, 3.8) is 0 Å². The molecule has 0 spiro atoms. The van der Waals surface area contributed by atoms with Gasteiger partial charge in [0, 0.05) is 20.0 Å². The van der Waals surface area contributed by atoms with Crippen molar-refractivity contribution in [2.75, 3.05) is 6.54 Å². The van der Waals surface area contributed by atoms with E-state index < -0.39 is 10.0 Å². The van der Waals surface area contributed by atoms with Crippen molar-refractivity contribution in [2.24, 2.45) is 0 Å². The van der Waals surface area contributed by atoms with Gasteiger partial charge in [-0.3, -0.25) is 4.79 Å². The molecule has 23 heavy (non-hydrogen) atoms. The summed E-state index contributed by atoms with van der Waals surface area (Å²) in [6, 6.07) is 16.2. The van der Waals surface area contributed by atoms with Crippen LogP contribution in [-0.4, -0.2) is 20.9 Å². The summed E-state index contributed by atoms with van der Waals surface area (Å²) in [6.07, 6.45) is 0.640. The monoisotopic (exact) mass is 332 g/mol. The quantitative estimate of drug-likeness (QED) is 0.812. The first-order valence-corrected chi connectivity index (χ1v) is 8.83. The Balaban J connectivity index is 1.92. The average molecular weight is 332 g/mol. The van der Waals surface area contributed by atoms with Crippen molar-refractivity contribution in [1.82, 2.24) is 10.0 Å². The second kappa shape index (κ2) is 7.89. The van der Waals surface area contributed by atoms with Crippen molar-refractivity contribution >= 4 is 15.9 Å². The van der Waals surface area contributed by atoms with Gasteiger partial charge in [0.2, 0.25) is 15.9 Å². The van der Waals surface area contributed by atoms with E-state index in [9.17, 15) is 13.2 Å². The van der Waals surface area contributed by atoms with Gasteiger partial charge in [0.05, 0.1) is 4.90 Å². The first-order valence-electron chi connectivity index (χ1n) is 7.34. The Morgan fingerprint density at radius 2 is 1.61 bits per heavy atom. The molecule has 0 saturated carbocycles. The third-order valence-electron chi connectivity index (χ3n) is 3.32. The Hall–Kier alpha value is -2.18. The summed E-state index contributed by atoms with van der Waals surface area (Å²) >= 11 is 0. The van der Waals surface area contributed by atoms with E-state index in [4.69, 9.17) is 0 Å². The van der Waals surface area contributed by atoms with Crippen LogP contribution < -0.4 is 10.0 Å². The summed E-state index contributed by atoms with van der Waals surface area (Å²) in [4.78, 5) is 11.1. The number of hydrogen-bond acceptors (Lipinski definition) is 3. The molecule has 2 N–H and O–H groups in total. The zero-order valence-electron chi connectivity index (χ0n) is 13.0. The van der Waals surface area contributed by atoms with Crippen LogP contribution in [-0.2, 0) is 27.8 Å². The van der Waals surface area contributed by atoms with Gasteiger partial charge in [0.15, 0.2) is 0 Å². The molecular weight excluding hydrogens is 312 g/mol. The fourth-order valence-corrected chi connectivity index (χ4v) is 3.10. The Bertz CT molecular complexity index is 741. The summed E-state index contributed by atoms with van der Waals surface area (Å²) in [5.41, 5.74) is 1.93. The summed E-state index contributed by atoms with van der Waals surface area (Å²) in [7, 11) is -3.52. The van der Waals surface area contributed by atoms with E-state index in [0.29, 0.717) is 19.5 Å².